The topological polar surface area (TPSA) is 60.8 Å². The molecule has 1 saturated heterocycles. The molecule has 4 nitrogen and oxygen atoms in total. The molecule has 0 aromatic rings. The monoisotopic (exact) mass is 201 g/mol. The number of aliphatic carboxylic acids is 1. The number of rotatable bonds is 4. The molecule has 0 amide bonds. The van der Waals surface area contributed by atoms with Crippen molar-refractivity contribution in [1.29, 1.82) is 0 Å². The Hall–Kier alpha value is -0.610. The smallest absolute Gasteiger partial charge is 0.304 e. The van der Waals surface area contributed by atoms with Crippen LogP contribution in [0.3, 0.4) is 0 Å². The van der Waals surface area contributed by atoms with Crippen molar-refractivity contribution in [3.8, 4) is 0 Å². The minimum absolute atomic E-state index is 0.201. The highest BCUT2D eigenvalue weighted by Crippen LogP contribution is 2.19. The van der Waals surface area contributed by atoms with Crippen molar-refractivity contribution >= 4 is 5.97 Å². The summed E-state index contributed by atoms with van der Waals surface area (Å²) in [4.78, 5) is 12.5. The van der Waals surface area contributed by atoms with Crippen LogP contribution in [-0.4, -0.2) is 46.8 Å². The lowest BCUT2D eigenvalue weighted by atomic mass is 9.93. The third-order valence-corrected chi connectivity index (χ3v) is 2.87. The molecule has 2 atom stereocenters. The first-order chi connectivity index (χ1) is 6.59. The van der Waals surface area contributed by atoms with E-state index in [1.54, 1.807) is 0 Å². The molecule has 1 aliphatic heterocycles. The van der Waals surface area contributed by atoms with E-state index in [1.165, 1.54) is 0 Å². The van der Waals surface area contributed by atoms with Crippen molar-refractivity contribution in [3.63, 3.8) is 0 Å². The number of hydrogen-bond acceptors (Lipinski definition) is 3. The number of piperidine rings is 1. The molecule has 0 saturated carbocycles. The summed E-state index contributed by atoms with van der Waals surface area (Å²) in [6, 6.07) is 0. The first-order valence-corrected chi connectivity index (χ1v) is 5.22. The zero-order valence-corrected chi connectivity index (χ0v) is 8.65. The van der Waals surface area contributed by atoms with Crippen LogP contribution in [0, 0.1) is 5.92 Å². The van der Waals surface area contributed by atoms with Gasteiger partial charge in [-0.25, -0.2) is 0 Å². The first kappa shape index (κ1) is 11.5. The number of likely N-dealkylation sites (tertiary alicyclic amines) is 1. The number of aliphatic hydroxyl groups is 1. The second kappa shape index (κ2) is 5.32. The molecule has 1 aliphatic rings. The van der Waals surface area contributed by atoms with E-state index in [9.17, 15) is 9.90 Å². The van der Waals surface area contributed by atoms with Gasteiger partial charge in [-0.05, 0) is 32.2 Å². The Kier molecular flexibility index (Phi) is 4.35. The molecule has 0 unspecified atom stereocenters. The summed E-state index contributed by atoms with van der Waals surface area (Å²) in [7, 11) is 0. The van der Waals surface area contributed by atoms with Crippen molar-refractivity contribution in [1.82, 2.24) is 4.90 Å². The van der Waals surface area contributed by atoms with Crippen molar-refractivity contribution < 1.29 is 15.0 Å². The SMILES string of the molecule is C[C@H](O)[C@H]1CCCN(CCC(=O)O)C1. The van der Waals surface area contributed by atoms with Gasteiger partial charge >= 0.3 is 5.97 Å². The molecule has 0 aromatic heterocycles. The Morgan fingerprint density at radius 2 is 2.36 bits per heavy atom. The Bertz CT molecular complexity index is 194. The lowest BCUT2D eigenvalue weighted by Crippen LogP contribution is -2.40. The molecule has 0 radical (unpaired) electrons. The van der Waals surface area contributed by atoms with E-state index >= 15 is 0 Å². The average molecular weight is 201 g/mol. The third-order valence-electron chi connectivity index (χ3n) is 2.87. The van der Waals surface area contributed by atoms with Crippen LogP contribution in [0.4, 0.5) is 0 Å². The summed E-state index contributed by atoms with van der Waals surface area (Å²) in [6.45, 7) is 4.23. The van der Waals surface area contributed by atoms with Gasteiger partial charge < -0.3 is 15.1 Å². The number of carboxylic acid groups (broad SMARTS) is 1. The Morgan fingerprint density at radius 3 is 2.93 bits per heavy atom. The van der Waals surface area contributed by atoms with Gasteiger partial charge in [0.1, 0.15) is 0 Å². The van der Waals surface area contributed by atoms with E-state index < -0.39 is 5.97 Å². The van der Waals surface area contributed by atoms with Crippen LogP contribution in [0.15, 0.2) is 0 Å². The summed E-state index contributed by atoms with van der Waals surface area (Å²) in [5.41, 5.74) is 0. The standard InChI is InChI=1S/C10H19NO3/c1-8(12)9-3-2-5-11(7-9)6-4-10(13)14/h8-9,12H,2-7H2,1H3,(H,13,14)/t8-,9-/m0/s1. The Morgan fingerprint density at radius 1 is 1.64 bits per heavy atom. The second-order valence-electron chi connectivity index (χ2n) is 4.09. The van der Waals surface area contributed by atoms with Gasteiger partial charge in [-0.2, -0.15) is 0 Å². The zero-order chi connectivity index (χ0) is 10.6. The lowest BCUT2D eigenvalue weighted by Gasteiger charge is -2.33. The molecule has 1 fully saturated rings. The van der Waals surface area contributed by atoms with Gasteiger partial charge in [-0.3, -0.25) is 4.79 Å². The van der Waals surface area contributed by atoms with Gasteiger partial charge in [0.2, 0.25) is 0 Å². The molecular formula is C10H19NO3. The first-order valence-electron chi connectivity index (χ1n) is 5.22. The van der Waals surface area contributed by atoms with Crippen LogP contribution in [0.25, 0.3) is 0 Å². The summed E-state index contributed by atoms with van der Waals surface area (Å²) in [5.74, 6) is -0.429. The van der Waals surface area contributed by atoms with E-state index in [0.29, 0.717) is 12.5 Å². The maximum atomic E-state index is 10.4. The highest BCUT2D eigenvalue weighted by molar-refractivity contribution is 5.66. The van der Waals surface area contributed by atoms with Gasteiger partial charge in [0, 0.05) is 13.1 Å². The van der Waals surface area contributed by atoms with Crippen molar-refractivity contribution in [3.05, 3.63) is 0 Å². The average Bonchev–Trinajstić information content (AvgIpc) is 2.15. The van der Waals surface area contributed by atoms with Crippen molar-refractivity contribution in [2.75, 3.05) is 19.6 Å². The van der Waals surface area contributed by atoms with Crippen molar-refractivity contribution in [2.24, 2.45) is 5.92 Å². The molecule has 4 heteroatoms. The molecule has 0 aliphatic carbocycles. The van der Waals surface area contributed by atoms with Crippen LogP contribution >= 0.6 is 0 Å². The molecular weight excluding hydrogens is 182 g/mol. The fourth-order valence-electron chi connectivity index (χ4n) is 1.94. The predicted molar refractivity (Wildman–Crippen MR) is 53.1 cm³/mol. The highest BCUT2D eigenvalue weighted by Gasteiger charge is 2.23. The number of aliphatic hydroxyl groups excluding tert-OH is 1. The lowest BCUT2D eigenvalue weighted by molar-refractivity contribution is -0.137. The largest absolute Gasteiger partial charge is 0.481 e. The summed E-state index contributed by atoms with van der Waals surface area (Å²) < 4.78 is 0. The fourth-order valence-corrected chi connectivity index (χ4v) is 1.94. The van der Waals surface area contributed by atoms with E-state index in [2.05, 4.69) is 4.90 Å². The maximum Gasteiger partial charge on any atom is 0.304 e. The van der Waals surface area contributed by atoms with Crippen LogP contribution < -0.4 is 0 Å². The molecule has 14 heavy (non-hydrogen) atoms. The Labute approximate surface area is 84.5 Å². The van der Waals surface area contributed by atoms with Crippen molar-refractivity contribution in [2.45, 2.75) is 32.3 Å². The highest BCUT2D eigenvalue weighted by atomic mass is 16.4. The number of nitrogens with zero attached hydrogens (tertiary/aromatic N) is 1. The van der Waals surface area contributed by atoms with Crippen LogP contribution in [0.5, 0.6) is 0 Å². The quantitative estimate of drug-likeness (QED) is 0.697. The van der Waals surface area contributed by atoms with Gasteiger partial charge in [0.15, 0.2) is 0 Å². The molecule has 82 valence electrons. The zero-order valence-electron chi connectivity index (χ0n) is 8.65. The van der Waals surface area contributed by atoms with E-state index in [-0.39, 0.29) is 12.5 Å². The minimum Gasteiger partial charge on any atom is -0.481 e. The van der Waals surface area contributed by atoms with Gasteiger partial charge in [0.25, 0.3) is 0 Å². The van der Waals surface area contributed by atoms with Crippen LogP contribution in [0.2, 0.25) is 0 Å². The molecule has 2 N–H and O–H groups in total. The number of carboxylic acids is 1. The summed E-state index contributed by atoms with van der Waals surface area (Å²) in [6.07, 6.45) is 2.05. The molecule has 0 spiro atoms. The minimum atomic E-state index is -0.746. The summed E-state index contributed by atoms with van der Waals surface area (Å²) >= 11 is 0. The molecule has 0 bridgehead atoms. The normalized spacial score (nSPS) is 26.0. The predicted octanol–water partition coefficient (Wildman–Crippen LogP) is 0.554. The fraction of sp³-hybridized carbons (Fsp3) is 0.900. The molecule has 0 aromatic carbocycles. The van der Waals surface area contributed by atoms with Gasteiger partial charge in [-0.15, -0.1) is 0 Å². The third kappa shape index (κ3) is 3.64. The van der Waals surface area contributed by atoms with Gasteiger partial charge in [0.05, 0.1) is 12.5 Å². The van der Waals surface area contributed by atoms with E-state index in [0.717, 1.165) is 25.9 Å². The maximum absolute atomic E-state index is 10.4. The second-order valence-corrected chi connectivity index (χ2v) is 4.09. The number of hydrogen-bond donors (Lipinski definition) is 2. The van der Waals surface area contributed by atoms with Crippen LogP contribution in [0.1, 0.15) is 26.2 Å². The van der Waals surface area contributed by atoms with Gasteiger partial charge in [-0.1, -0.05) is 0 Å². The summed E-state index contributed by atoms with van der Waals surface area (Å²) in [5, 5.41) is 18.0. The van der Waals surface area contributed by atoms with E-state index in [4.69, 9.17) is 5.11 Å². The Balaban J connectivity index is 2.29. The van der Waals surface area contributed by atoms with E-state index in [1.807, 2.05) is 6.92 Å². The number of carbonyl (C=O) groups is 1. The molecule has 1 heterocycles. The molecule has 1 rings (SSSR count). The van der Waals surface area contributed by atoms with Crippen LogP contribution in [-0.2, 0) is 4.79 Å².